The Hall–Kier alpha value is -2.87. The molecule has 0 bridgehead atoms. The van der Waals surface area contributed by atoms with Gasteiger partial charge in [-0.15, -0.1) is 0 Å². The number of carbonyl (C=O) groups excluding carboxylic acids is 3. The zero-order valence-corrected chi connectivity index (χ0v) is 37.2. The van der Waals surface area contributed by atoms with Crippen molar-refractivity contribution in [3.8, 4) is 0 Å². The summed E-state index contributed by atoms with van der Waals surface area (Å²) >= 11 is 7.09. The van der Waals surface area contributed by atoms with Crippen LogP contribution in [-0.2, 0) is 16.0 Å². The van der Waals surface area contributed by atoms with Crippen molar-refractivity contribution in [2.24, 2.45) is 0 Å². The molecule has 4 aliphatic heterocycles. The molecule has 2 amide bonds. The summed E-state index contributed by atoms with van der Waals surface area (Å²) in [7, 11) is 0. The molecule has 6 rings (SSSR count). The fraction of sp³-hybridized carbons (Fsp3) is 0.643. The van der Waals surface area contributed by atoms with E-state index in [1.54, 1.807) is 4.90 Å². The molecule has 2 aromatic carbocycles. The average molecular weight is 893 g/mol. The number of benzene rings is 2. The summed E-state index contributed by atoms with van der Waals surface area (Å²) in [4.78, 5) is 45.5. The number of carbonyl (C=O) groups is 3. The average Bonchev–Trinajstić information content (AvgIpc) is 3.16. The summed E-state index contributed by atoms with van der Waals surface area (Å²) in [6.45, 7) is 23.2. The third kappa shape index (κ3) is 15.5. The van der Waals surface area contributed by atoms with Gasteiger partial charge in [0.25, 0.3) is 0 Å². The van der Waals surface area contributed by atoms with Gasteiger partial charge in [0.1, 0.15) is 11.2 Å². The van der Waals surface area contributed by atoms with Crippen LogP contribution in [0.15, 0.2) is 45.3 Å². The van der Waals surface area contributed by atoms with Crippen LogP contribution in [0.4, 0.5) is 21.0 Å². The Morgan fingerprint density at radius 3 is 1.58 bits per heavy atom. The molecule has 0 aromatic heterocycles. The molecule has 11 nitrogen and oxygen atoms in total. The van der Waals surface area contributed by atoms with Crippen LogP contribution in [0.25, 0.3) is 0 Å². The first-order valence-corrected chi connectivity index (χ1v) is 21.6. The fourth-order valence-electron chi connectivity index (χ4n) is 6.95. The monoisotopic (exact) mass is 890 g/mol. The lowest BCUT2D eigenvalue weighted by Crippen LogP contribution is -2.49. The molecule has 13 heteroatoms. The predicted octanol–water partition coefficient (Wildman–Crippen LogP) is 8.57. The molecule has 4 heterocycles. The number of halogens is 2. The predicted molar refractivity (Wildman–Crippen MR) is 230 cm³/mol. The van der Waals surface area contributed by atoms with Crippen LogP contribution in [0.2, 0.25) is 0 Å². The molecular weight excluding hydrogens is 828 g/mol. The van der Waals surface area contributed by atoms with E-state index < -0.39 is 5.60 Å². The first-order chi connectivity index (χ1) is 26.1. The van der Waals surface area contributed by atoms with Crippen molar-refractivity contribution < 1.29 is 23.9 Å². The van der Waals surface area contributed by atoms with Crippen LogP contribution in [0.3, 0.4) is 0 Å². The van der Waals surface area contributed by atoms with Crippen molar-refractivity contribution in [2.45, 2.75) is 97.8 Å². The van der Waals surface area contributed by atoms with E-state index in [1.807, 2.05) is 64.6 Å². The number of hydrogen-bond donors (Lipinski definition) is 1. The summed E-state index contributed by atoms with van der Waals surface area (Å²) in [6.07, 6.45) is 8.20. The van der Waals surface area contributed by atoms with Gasteiger partial charge in [0.15, 0.2) is 6.29 Å². The van der Waals surface area contributed by atoms with Crippen molar-refractivity contribution >= 4 is 61.7 Å². The van der Waals surface area contributed by atoms with Crippen LogP contribution in [-0.4, -0.2) is 123 Å². The van der Waals surface area contributed by atoms with Crippen LogP contribution >= 0.6 is 31.9 Å². The Balaban J connectivity index is 0.000000202. The maximum atomic E-state index is 12.3. The number of amides is 2. The van der Waals surface area contributed by atoms with E-state index in [2.05, 4.69) is 70.1 Å². The Morgan fingerprint density at radius 2 is 1.09 bits per heavy atom. The molecule has 0 aliphatic carbocycles. The molecule has 2 aromatic rings. The number of rotatable bonds is 5. The number of hydrogen-bond acceptors (Lipinski definition) is 9. The minimum Gasteiger partial charge on any atom is -0.444 e. The highest BCUT2D eigenvalue weighted by atomic mass is 79.9. The molecule has 1 N–H and O–H groups in total. The largest absolute Gasteiger partial charge is 0.444 e. The second-order valence-electron chi connectivity index (χ2n) is 16.7. The lowest BCUT2D eigenvalue weighted by atomic mass is 10.1. The lowest BCUT2D eigenvalue weighted by molar-refractivity contribution is 0.0138. The number of piperazine rings is 2. The Kier molecular flexibility index (Phi) is 17.6. The van der Waals surface area contributed by atoms with Gasteiger partial charge in [-0.2, -0.15) is 0 Å². The van der Waals surface area contributed by atoms with Gasteiger partial charge in [0.05, 0.1) is 0 Å². The number of aldehydes is 1. The van der Waals surface area contributed by atoms with Gasteiger partial charge in [-0.25, -0.2) is 9.59 Å². The number of nitrogens with one attached hydrogen (secondary N) is 1. The van der Waals surface area contributed by atoms with E-state index in [1.165, 1.54) is 49.8 Å². The van der Waals surface area contributed by atoms with Gasteiger partial charge < -0.3 is 34.4 Å². The van der Waals surface area contributed by atoms with Gasteiger partial charge in [-0.1, -0.05) is 37.9 Å². The highest BCUT2D eigenvalue weighted by Gasteiger charge is 2.27. The van der Waals surface area contributed by atoms with Gasteiger partial charge in [0, 0.05) is 111 Å². The van der Waals surface area contributed by atoms with Crippen LogP contribution < -0.4 is 15.1 Å². The topological polar surface area (TPSA) is 97.9 Å². The van der Waals surface area contributed by atoms with E-state index >= 15 is 0 Å². The quantitative estimate of drug-likeness (QED) is 0.296. The van der Waals surface area contributed by atoms with Crippen molar-refractivity contribution in [1.82, 2.24) is 20.0 Å². The number of anilines is 2. The molecule has 0 atom stereocenters. The molecule has 0 spiro atoms. The van der Waals surface area contributed by atoms with E-state index in [0.717, 1.165) is 112 Å². The fourth-order valence-corrected chi connectivity index (χ4v) is 7.65. The van der Waals surface area contributed by atoms with Crippen molar-refractivity contribution in [2.75, 3.05) is 88.3 Å². The highest BCUT2D eigenvalue weighted by Crippen LogP contribution is 2.30. The molecular formula is C42H64Br2N6O5. The number of ether oxygens (including phenoxy) is 2. The summed E-state index contributed by atoms with van der Waals surface area (Å²) in [5, 5.41) is 3.18. The molecule has 306 valence electrons. The third-order valence-corrected chi connectivity index (χ3v) is 10.7. The Bertz CT molecular complexity index is 1520. The zero-order chi connectivity index (χ0) is 40.0. The lowest BCUT2D eigenvalue weighted by Gasteiger charge is -2.37. The standard InChI is InChI=1S/C21H32BrN3O2.C12H14BrNO.C9H18N2O2/c1-21(2,3)27-20(26)25-13-11-23(12-14-25)16-17-7-8-18(22)15-19(17)24-9-5-4-6-10-24;13-11-5-4-10(9-15)12(8-11)14-6-2-1-3-7-14;1-9(2,3)13-8(12)11-6-4-10-5-7-11/h7-8,15H,4-6,9-14,16H2,1-3H3;4-5,8-9H,1-3,6-7H2;10H,4-7H2,1-3H3. The first-order valence-electron chi connectivity index (χ1n) is 20.0. The normalized spacial score (nSPS) is 18.3. The van der Waals surface area contributed by atoms with Crippen LogP contribution in [0, 0.1) is 0 Å². The minimum atomic E-state index is -0.436. The SMILES string of the molecule is CC(C)(C)OC(=O)N1CCN(Cc2ccc(Br)cc2N2CCCCC2)CC1.CC(C)(C)OC(=O)N1CCNCC1.O=Cc1ccc(Br)cc1N1CCCCC1. The maximum Gasteiger partial charge on any atom is 0.410 e. The van der Waals surface area contributed by atoms with Gasteiger partial charge >= 0.3 is 12.2 Å². The van der Waals surface area contributed by atoms with Gasteiger partial charge in [0.2, 0.25) is 0 Å². The van der Waals surface area contributed by atoms with Crippen molar-refractivity contribution in [3.05, 3.63) is 56.5 Å². The summed E-state index contributed by atoms with van der Waals surface area (Å²) in [6, 6.07) is 12.5. The van der Waals surface area contributed by atoms with E-state index in [-0.39, 0.29) is 17.8 Å². The summed E-state index contributed by atoms with van der Waals surface area (Å²) in [5.74, 6) is 0. The Labute approximate surface area is 346 Å². The van der Waals surface area contributed by atoms with E-state index in [0.29, 0.717) is 0 Å². The third-order valence-electron chi connectivity index (χ3n) is 9.75. The molecule has 4 saturated heterocycles. The highest BCUT2D eigenvalue weighted by molar-refractivity contribution is 9.10. The second-order valence-corrected chi connectivity index (χ2v) is 18.5. The molecule has 4 fully saturated rings. The molecule has 0 radical (unpaired) electrons. The van der Waals surface area contributed by atoms with Crippen LogP contribution in [0.1, 0.15) is 96.0 Å². The molecule has 55 heavy (non-hydrogen) atoms. The second kappa shape index (κ2) is 21.6. The summed E-state index contributed by atoms with van der Waals surface area (Å²) in [5.41, 5.74) is 3.78. The minimum absolute atomic E-state index is 0.195. The van der Waals surface area contributed by atoms with Crippen molar-refractivity contribution in [1.29, 1.82) is 0 Å². The molecule has 4 aliphatic rings. The number of piperidine rings is 2. The first kappa shape index (κ1) is 44.8. The smallest absolute Gasteiger partial charge is 0.410 e. The zero-order valence-electron chi connectivity index (χ0n) is 34.0. The van der Waals surface area contributed by atoms with Gasteiger partial charge in [-0.3, -0.25) is 9.69 Å². The van der Waals surface area contributed by atoms with Gasteiger partial charge in [-0.05, 0) is 116 Å². The Morgan fingerprint density at radius 1 is 0.636 bits per heavy atom. The maximum absolute atomic E-state index is 12.3. The van der Waals surface area contributed by atoms with Crippen LogP contribution in [0.5, 0.6) is 0 Å². The van der Waals surface area contributed by atoms with E-state index in [4.69, 9.17) is 9.47 Å². The summed E-state index contributed by atoms with van der Waals surface area (Å²) < 4.78 is 12.9. The molecule has 0 unspecified atom stereocenters. The van der Waals surface area contributed by atoms with E-state index in [9.17, 15) is 14.4 Å². The van der Waals surface area contributed by atoms with Crippen molar-refractivity contribution in [3.63, 3.8) is 0 Å². The number of nitrogens with zero attached hydrogens (tertiary/aromatic N) is 5. The molecule has 0 saturated carbocycles.